The second kappa shape index (κ2) is 9.43. The molecule has 0 fully saturated rings. The lowest BCUT2D eigenvalue weighted by atomic mass is 10.0. The second-order valence-corrected chi connectivity index (χ2v) is 8.64. The van der Waals surface area contributed by atoms with Crippen LogP contribution in [0.3, 0.4) is 0 Å². The minimum atomic E-state index is 0.816. The average molecular weight is 508 g/mol. The van der Waals surface area contributed by atoms with Gasteiger partial charge < -0.3 is 4.74 Å². The number of benzene rings is 4. The Morgan fingerprint density at radius 3 is 1.31 bits per heavy atom. The monoisotopic (exact) mass is 506 g/mol. The van der Waals surface area contributed by atoms with E-state index < -0.39 is 0 Å². The standard InChI is InChI=1S/C26H20Br2O/c27-25-17-23(13-11-21(25)15-19-7-3-1-4-8-19)29-24-14-12-22(26(28)18-24)16-20-9-5-2-6-10-20/h1-14,17-18H,15-16H2. The van der Waals surface area contributed by atoms with E-state index in [-0.39, 0.29) is 0 Å². The molecule has 1 nitrogen and oxygen atoms in total. The highest BCUT2D eigenvalue weighted by Gasteiger charge is 2.07. The lowest BCUT2D eigenvalue weighted by Gasteiger charge is -2.11. The average Bonchev–Trinajstić information content (AvgIpc) is 2.74. The quantitative estimate of drug-likeness (QED) is 0.255. The smallest absolute Gasteiger partial charge is 0.128 e. The maximum atomic E-state index is 6.09. The summed E-state index contributed by atoms with van der Waals surface area (Å²) in [4.78, 5) is 0. The summed E-state index contributed by atoms with van der Waals surface area (Å²) in [5.74, 6) is 1.63. The van der Waals surface area contributed by atoms with Crippen molar-refractivity contribution in [1.82, 2.24) is 0 Å². The molecule has 0 radical (unpaired) electrons. The minimum Gasteiger partial charge on any atom is -0.457 e. The van der Waals surface area contributed by atoms with E-state index in [0.29, 0.717) is 0 Å². The zero-order valence-corrected chi connectivity index (χ0v) is 19.0. The van der Waals surface area contributed by atoms with Gasteiger partial charge in [-0.2, -0.15) is 0 Å². The lowest BCUT2D eigenvalue weighted by Crippen LogP contribution is -1.93. The van der Waals surface area contributed by atoms with Gasteiger partial charge in [-0.25, -0.2) is 0 Å². The maximum Gasteiger partial charge on any atom is 0.128 e. The molecule has 0 aliphatic rings. The SMILES string of the molecule is Brc1cc(Oc2ccc(Cc3ccccc3)c(Br)c2)ccc1Cc1ccccc1. The number of rotatable bonds is 6. The van der Waals surface area contributed by atoms with Crippen LogP contribution >= 0.6 is 31.9 Å². The van der Waals surface area contributed by atoms with Crippen LogP contribution in [0.25, 0.3) is 0 Å². The first-order chi connectivity index (χ1) is 14.2. The number of ether oxygens (including phenoxy) is 1. The third-order valence-electron chi connectivity index (χ3n) is 4.76. The molecule has 0 saturated carbocycles. The van der Waals surface area contributed by atoms with Crippen LogP contribution in [0, 0.1) is 0 Å². The largest absolute Gasteiger partial charge is 0.457 e. The number of hydrogen-bond donors (Lipinski definition) is 0. The third kappa shape index (κ3) is 5.37. The van der Waals surface area contributed by atoms with E-state index in [9.17, 15) is 0 Å². The highest BCUT2D eigenvalue weighted by Crippen LogP contribution is 2.31. The van der Waals surface area contributed by atoms with E-state index >= 15 is 0 Å². The van der Waals surface area contributed by atoms with Crippen LogP contribution in [-0.2, 0) is 12.8 Å². The van der Waals surface area contributed by atoms with Gasteiger partial charge in [0, 0.05) is 8.95 Å². The van der Waals surface area contributed by atoms with E-state index in [2.05, 4.69) is 92.5 Å². The van der Waals surface area contributed by atoms with E-state index in [1.807, 2.05) is 36.4 Å². The van der Waals surface area contributed by atoms with Crippen LogP contribution in [0.15, 0.2) is 106 Å². The summed E-state index contributed by atoms with van der Waals surface area (Å²) in [6, 6.07) is 33.3. The van der Waals surface area contributed by atoms with E-state index in [1.54, 1.807) is 0 Å². The van der Waals surface area contributed by atoms with Gasteiger partial charge >= 0.3 is 0 Å². The summed E-state index contributed by atoms with van der Waals surface area (Å²) in [6.07, 6.45) is 1.78. The first kappa shape index (κ1) is 19.9. The van der Waals surface area contributed by atoms with Crippen LogP contribution in [0.4, 0.5) is 0 Å². The molecule has 0 aliphatic carbocycles. The Labute approximate surface area is 188 Å². The first-order valence-corrected chi connectivity index (χ1v) is 11.1. The first-order valence-electron chi connectivity index (χ1n) is 9.50. The van der Waals surface area contributed by atoms with Crippen LogP contribution in [0.2, 0.25) is 0 Å². The second-order valence-electron chi connectivity index (χ2n) is 6.93. The Hall–Kier alpha value is -2.36. The third-order valence-corrected chi connectivity index (χ3v) is 6.24. The molecule has 0 bridgehead atoms. The zero-order valence-electron chi connectivity index (χ0n) is 15.8. The van der Waals surface area contributed by atoms with Crippen LogP contribution in [0.1, 0.15) is 22.3 Å². The van der Waals surface area contributed by atoms with Gasteiger partial charge in [0.15, 0.2) is 0 Å². The molecular formula is C26H20Br2O. The summed E-state index contributed by atoms with van der Waals surface area (Å²) in [5, 5.41) is 0. The predicted octanol–water partition coefficient (Wildman–Crippen LogP) is 8.19. The van der Waals surface area contributed by atoms with E-state index in [1.165, 1.54) is 22.3 Å². The maximum absolute atomic E-state index is 6.09. The van der Waals surface area contributed by atoms with Crippen molar-refractivity contribution >= 4 is 31.9 Å². The van der Waals surface area contributed by atoms with Gasteiger partial charge in [-0.15, -0.1) is 0 Å². The van der Waals surface area contributed by atoms with Crippen molar-refractivity contribution in [3.05, 3.63) is 128 Å². The Morgan fingerprint density at radius 1 is 0.517 bits per heavy atom. The van der Waals surface area contributed by atoms with Crippen LogP contribution < -0.4 is 4.74 Å². The normalized spacial score (nSPS) is 10.7. The van der Waals surface area contributed by atoms with Crippen LogP contribution in [-0.4, -0.2) is 0 Å². The van der Waals surface area contributed by atoms with Gasteiger partial charge in [0.25, 0.3) is 0 Å². The molecule has 0 amide bonds. The fraction of sp³-hybridized carbons (Fsp3) is 0.0769. The van der Waals surface area contributed by atoms with Crippen molar-refractivity contribution in [2.75, 3.05) is 0 Å². The Bertz CT molecular complexity index is 1000. The molecule has 0 aromatic heterocycles. The van der Waals surface area contributed by atoms with Crippen molar-refractivity contribution in [2.45, 2.75) is 12.8 Å². The van der Waals surface area contributed by atoms with Crippen molar-refractivity contribution in [1.29, 1.82) is 0 Å². The van der Waals surface area contributed by atoms with E-state index in [0.717, 1.165) is 33.3 Å². The summed E-state index contributed by atoms with van der Waals surface area (Å²) in [5.41, 5.74) is 5.06. The topological polar surface area (TPSA) is 9.23 Å². The van der Waals surface area contributed by atoms with Gasteiger partial charge in [0.1, 0.15) is 11.5 Å². The molecule has 0 spiro atoms. The molecule has 144 valence electrons. The molecular weight excluding hydrogens is 488 g/mol. The summed E-state index contributed by atoms with van der Waals surface area (Å²) in [7, 11) is 0. The molecule has 4 rings (SSSR count). The van der Waals surface area contributed by atoms with Gasteiger partial charge in [-0.05, 0) is 59.4 Å². The molecule has 0 aliphatic heterocycles. The van der Waals surface area contributed by atoms with Gasteiger partial charge in [0.05, 0.1) is 0 Å². The van der Waals surface area contributed by atoms with Crippen LogP contribution in [0.5, 0.6) is 11.5 Å². The Balaban J connectivity index is 1.46. The molecule has 29 heavy (non-hydrogen) atoms. The van der Waals surface area contributed by atoms with Gasteiger partial charge in [-0.1, -0.05) is 105 Å². The molecule has 4 aromatic rings. The fourth-order valence-corrected chi connectivity index (χ4v) is 4.23. The zero-order chi connectivity index (χ0) is 20.1. The highest BCUT2D eigenvalue weighted by atomic mass is 79.9. The van der Waals surface area contributed by atoms with Crippen molar-refractivity contribution in [2.24, 2.45) is 0 Å². The molecule has 4 aromatic carbocycles. The highest BCUT2D eigenvalue weighted by molar-refractivity contribution is 9.10. The number of halogens is 2. The molecule has 0 atom stereocenters. The Morgan fingerprint density at radius 2 is 0.931 bits per heavy atom. The van der Waals surface area contributed by atoms with Gasteiger partial charge in [0.2, 0.25) is 0 Å². The summed E-state index contributed by atoms with van der Waals surface area (Å²) in [6.45, 7) is 0. The minimum absolute atomic E-state index is 0.816. The summed E-state index contributed by atoms with van der Waals surface area (Å²) < 4.78 is 8.20. The van der Waals surface area contributed by atoms with Crippen molar-refractivity contribution < 1.29 is 4.74 Å². The molecule has 0 unspecified atom stereocenters. The molecule has 0 N–H and O–H groups in total. The van der Waals surface area contributed by atoms with Gasteiger partial charge in [-0.3, -0.25) is 0 Å². The summed E-state index contributed by atoms with van der Waals surface area (Å²) >= 11 is 7.38. The van der Waals surface area contributed by atoms with Crippen molar-refractivity contribution in [3.8, 4) is 11.5 Å². The lowest BCUT2D eigenvalue weighted by molar-refractivity contribution is 0.481. The molecule has 0 saturated heterocycles. The fourth-order valence-electron chi connectivity index (χ4n) is 3.24. The predicted molar refractivity (Wildman–Crippen MR) is 127 cm³/mol. The number of hydrogen-bond acceptors (Lipinski definition) is 1. The molecule has 0 heterocycles. The van der Waals surface area contributed by atoms with E-state index in [4.69, 9.17) is 4.74 Å². The molecule has 3 heteroatoms. The Kier molecular flexibility index (Phi) is 6.48. The van der Waals surface area contributed by atoms with Crippen molar-refractivity contribution in [3.63, 3.8) is 0 Å².